The number of Topliss-reactive ketones (excluding diaryl/α,β-unsaturated/α-hetero) is 1. The van der Waals surface area contributed by atoms with Crippen molar-refractivity contribution in [1.29, 1.82) is 0 Å². The van der Waals surface area contributed by atoms with Crippen LogP contribution in [0.2, 0.25) is 5.02 Å². The molecule has 0 unspecified atom stereocenters. The van der Waals surface area contributed by atoms with Crippen LogP contribution in [0.15, 0.2) is 42.5 Å². The first-order valence-electron chi connectivity index (χ1n) is 5.93. The van der Waals surface area contributed by atoms with Crippen LogP contribution in [0.25, 0.3) is 0 Å². The van der Waals surface area contributed by atoms with Crippen molar-refractivity contribution in [2.24, 2.45) is 0 Å². The Balaban J connectivity index is 2.30. The zero-order valence-corrected chi connectivity index (χ0v) is 11.6. The van der Waals surface area contributed by atoms with Gasteiger partial charge in [-0.1, -0.05) is 17.7 Å². The van der Waals surface area contributed by atoms with Gasteiger partial charge in [-0.25, -0.2) is 0 Å². The Morgan fingerprint density at radius 1 is 1.10 bits per heavy atom. The first-order chi connectivity index (χ1) is 9.79. The van der Waals surface area contributed by atoms with Crippen LogP contribution in [0.5, 0.6) is 11.5 Å². The van der Waals surface area contributed by atoms with Crippen LogP contribution in [-0.2, 0) is 6.18 Å². The van der Waals surface area contributed by atoms with E-state index in [1.807, 2.05) is 0 Å². The van der Waals surface area contributed by atoms with Crippen LogP contribution in [0.3, 0.4) is 0 Å². The zero-order valence-electron chi connectivity index (χ0n) is 10.9. The number of carbonyl (C=O) groups is 1. The average molecular weight is 315 g/mol. The molecular formula is C15H10ClF3O2. The molecule has 0 aromatic heterocycles. The minimum Gasteiger partial charge on any atom is -0.456 e. The van der Waals surface area contributed by atoms with Crippen LogP contribution < -0.4 is 4.74 Å². The smallest absolute Gasteiger partial charge is 0.417 e. The molecule has 0 atom stereocenters. The van der Waals surface area contributed by atoms with Crippen molar-refractivity contribution >= 4 is 17.4 Å². The maximum absolute atomic E-state index is 12.7. The maximum Gasteiger partial charge on any atom is 0.417 e. The van der Waals surface area contributed by atoms with E-state index in [9.17, 15) is 18.0 Å². The van der Waals surface area contributed by atoms with Gasteiger partial charge in [0.15, 0.2) is 5.78 Å². The second kappa shape index (κ2) is 5.77. The Labute approximate surface area is 124 Å². The van der Waals surface area contributed by atoms with E-state index >= 15 is 0 Å². The number of benzene rings is 2. The summed E-state index contributed by atoms with van der Waals surface area (Å²) in [7, 11) is 0. The van der Waals surface area contributed by atoms with Crippen LogP contribution in [0.4, 0.5) is 13.2 Å². The van der Waals surface area contributed by atoms with Crippen molar-refractivity contribution in [2.75, 3.05) is 0 Å². The molecule has 0 fully saturated rings. The standard InChI is InChI=1S/C15H10ClF3O2/c1-9(20)10-5-7-11(8-6-10)21-13-4-2-3-12(14(13)16)15(17,18)19/h2-8H,1H3. The summed E-state index contributed by atoms with van der Waals surface area (Å²) in [6.45, 7) is 1.42. The molecule has 0 spiro atoms. The number of ketones is 1. The summed E-state index contributed by atoms with van der Waals surface area (Å²) < 4.78 is 43.5. The molecule has 6 heteroatoms. The normalized spacial score (nSPS) is 11.3. The Hall–Kier alpha value is -2.01. The Kier molecular flexibility index (Phi) is 4.23. The third kappa shape index (κ3) is 3.55. The van der Waals surface area contributed by atoms with Gasteiger partial charge in [-0.3, -0.25) is 4.79 Å². The summed E-state index contributed by atoms with van der Waals surface area (Å²) in [4.78, 5) is 11.1. The number of halogens is 4. The van der Waals surface area contributed by atoms with Crippen LogP contribution >= 0.6 is 11.6 Å². The van der Waals surface area contributed by atoms with Crippen LogP contribution in [0, 0.1) is 0 Å². The molecule has 0 aliphatic heterocycles. The predicted molar refractivity (Wildman–Crippen MR) is 73.0 cm³/mol. The highest BCUT2D eigenvalue weighted by Gasteiger charge is 2.34. The fourth-order valence-corrected chi connectivity index (χ4v) is 1.96. The summed E-state index contributed by atoms with van der Waals surface area (Å²) >= 11 is 5.73. The molecule has 0 saturated heterocycles. The molecule has 21 heavy (non-hydrogen) atoms. The second-order valence-corrected chi connectivity index (χ2v) is 4.68. The summed E-state index contributed by atoms with van der Waals surface area (Å²) in [6.07, 6.45) is -4.55. The molecule has 2 aromatic carbocycles. The van der Waals surface area contributed by atoms with E-state index in [4.69, 9.17) is 16.3 Å². The fraction of sp³-hybridized carbons (Fsp3) is 0.133. The minimum absolute atomic E-state index is 0.0953. The van der Waals surface area contributed by atoms with Crippen LogP contribution in [-0.4, -0.2) is 5.78 Å². The number of alkyl halides is 3. The molecule has 0 aliphatic carbocycles. The van der Waals surface area contributed by atoms with E-state index < -0.39 is 16.8 Å². The lowest BCUT2D eigenvalue weighted by Gasteiger charge is -2.13. The van der Waals surface area contributed by atoms with E-state index in [2.05, 4.69) is 0 Å². The van der Waals surface area contributed by atoms with Crippen molar-refractivity contribution in [3.05, 3.63) is 58.6 Å². The summed E-state index contributed by atoms with van der Waals surface area (Å²) in [6, 6.07) is 9.48. The SMILES string of the molecule is CC(=O)c1ccc(Oc2cccc(C(F)(F)F)c2Cl)cc1. The molecule has 2 aromatic rings. The fourth-order valence-electron chi connectivity index (χ4n) is 1.69. The highest BCUT2D eigenvalue weighted by atomic mass is 35.5. The van der Waals surface area contributed by atoms with E-state index in [0.717, 1.165) is 6.07 Å². The molecule has 2 nitrogen and oxygen atoms in total. The van der Waals surface area contributed by atoms with E-state index in [1.54, 1.807) is 0 Å². The molecule has 2 rings (SSSR count). The van der Waals surface area contributed by atoms with Gasteiger partial charge in [-0.15, -0.1) is 0 Å². The number of ether oxygens (including phenoxy) is 1. The topological polar surface area (TPSA) is 26.3 Å². The average Bonchev–Trinajstić information content (AvgIpc) is 2.40. The highest BCUT2D eigenvalue weighted by Crippen LogP contribution is 2.40. The second-order valence-electron chi connectivity index (χ2n) is 4.30. The first-order valence-corrected chi connectivity index (χ1v) is 6.31. The number of rotatable bonds is 3. The molecular weight excluding hydrogens is 305 g/mol. The van der Waals surface area contributed by atoms with Crippen molar-refractivity contribution in [2.45, 2.75) is 13.1 Å². The molecule has 0 saturated carbocycles. The lowest BCUT2D eigenvalue weighted by atomic mass is 10.1. The Morgan fingerprint density at radius 2 is 1.71 bits per heavy atom. The molecule has 0 heterocycles. The monoisotopic (exact) mass is 314 g/mol. The summed E-state index contributed by atoms with van der Waals surface area (Å²) in [5.41, 5.74) is -0.473. The quantitative estimate of drug-likeness (QED) is 0.713. The zero-order chi connectivity index (χ0) is 15.6. The van der Waals surface area contributed by atoms with Gasteiger partial charge in [0, 0.05) is 5.56 Å². The van der Waals surface area contributed by atoms with Crippen molar-refractivity contribution < 1.29 is 22.7 Å². The molecule has 0 radical (unpaired) electrons. The van der Waals surface area contributed by atoms with Gasteiger partial charge in [-0.05, 0) is 43.3 Å². The van der Waals surface area contributed by atoms with E-state index in [-0.39, 0.29) is 11.5 Å². The molecule has 0 N–H and O–H groups in total. The number of hydrogen-bond donors (Lipinski definition) is 0. The molecule has 0 aliphatic rings. The first kappa shape index (κ1) is 15.4. The van der Waals surface area contributed by atoms with Crippen molar-refractivity contribution in [3.63, 3.8) is 0 Å². The molecule has 0 amide bonds. The van der Waals surface area contributed by atoms with E-state index in [1.165, 1.54) is 43.3 Å². The predicted octanol–water partition coefficient (Wildman–Crippen LogP) is 5.35. The largest absolute Gasteiger partial charge is 0.456 e. The lowest BCUT2D eigenvalue weighted by Crippen LogP contribution is -2.06. The van der Waals surface area contributed by atoms with Crippen LogP contribution in [0.1, 0.15) is 22.8 Å². The van der Waals surface area contributed by atoms with Gasteiger partial charge < -0.3 is 4.74 Å². The molecule has 110 valence electrons. The highest BCUT2D eigenvalue weighted by molar-refractivity contribution is 6.32. The van der Waals surface area contributed by atoms with Gasteiger partial charge in [0.05, 0.1) is 10.6 Å². The minimum atomic E-state index is -4.55. The van der Waals surface area contributed by atoms with Gasteiger partial charge in [0.2, 0.25) is 0 Å². The maximum atomic E-state index is 12.7. The lowest BCUT2D eigenvalue weighted by molar-refractivity contribution is -0.137. The van der Waals surface area contributed by atoms with Gasteiger partial charge in [-0.2, -0.15) is 13.2 Å². The molecule has 0 bridgehead atoms. The summed E-state index contributed by atoms with van der Waals surface area (Å²) in [5.74, 6) is 0.0851. The van der Waals surface area contributed by atoms with Gasteiger partial charge in [0.1, 0.15) is 11.5 Å². The third-order valence-corrected chi connectivity index (χ3v) is 3.15. The summed E-state index contributed by atoms with van der Waals surface area (Å²) in [5, 5.41) is -0.499. The van der Waals surface area contributed by atoms with Gasteiger partial charge in [0.25, 0.3) is 0 Å². The number of carbonyl (C=O) groups excluding carboxylic acids is 1. The van der Waals surface area contributed by atoms with Crippen molar-refractivity contribution in [3.8, 4) is 11.5 Å². The third-order valence-electron chi connectivity index (χ3n) is 2.76. The van der Waals surface area contributed by atoms with Crippen molar-refractivity contribution in [1.82, 2.24) is 0 Å². The van der Waals surface area contributed by atoms with Gasteiger partial charge >= 0.3 is 6.18 Å². The number of hydrogen-bond acceptors (Lipinski definition) is 2. The Bertz CT molecular complexity index is 664. The Morgan fingerprint density at radius 3 is 2.24 bits per heavy atom. The van der Waals surface area contributed by atoms with E-state index in [0.29, 0.717) is 11.3 Å².